The summed E-state index contributed by atoms with van der Waals surface area (Å²) < 4.78 is 24.4. The Kier molecular flexibility index (Phi) is 6.26. The van der Waals surface area contributed by atoms with E-state index in [1.54, 1.807) is 13.2 Å². The third-order valence-corrected chi connectivity index (χ3v) is 3.91. The van der Waals surface area contributed by atoms with E-state index in [2.05, 4.69) is 10.2 Å². The van der Waals surface area contributed by atoms with Crippen LogP contribution in [0.2, 0.25) is 0 Å². The van der Waals surface area contributed by atoms with Gasteiger partial charge in [-0.1, -0.05) is 0 Å². The van der Waals surface area contributed by atoms with Crippen LogP contribution in [0.15, 0.2) is 12.1 Å². The molecule has 118 valence electrons. The minimum Gasteiger partial charge on any atom is -0.493 e. The van der Waals surface area contributed by atoms with Gasteiger partial charge in [-0.25, -0.2) is 4.39 Å². The van der Waals surface area contributed by atoms with Crippen molar-refractivity contribution < 1.29 is 13.9 Å². The number of rotatable bonds is 6. The first-order valence-corrected chi connectivity index (χ1v) is 7.58. The summed E-state index contributed by atoms with van der Waals surface area (Å²) in [6, 6.07) is 3.15. The molecule has 0 aromatic heterocycles. The second-order valence-electron chi connectivity index (χ2n) is 5.35. The zero-order valence-electron chi connectivity index (χ0n) is 13.0. The smallest absolute Gasteiger partial charge is 0.163 e. The fourth-order valence-corrected chi connectivity index (χ4v) is 2.71. The monoisotopic (exact) mass is 296 g/mol. The van der Waals surface area contributed by atoms with Crippen LogP contribution in [-0.2, 0) is 6.42 Å². The molecule has 1 aromatic rings. The van der Waals surface area contributed by atoms with Crippen molar-refractivity contribution in [3.63, 3.8) is 0 Å². The van der Waals surface area contributed by atoms with Gasteiger partial charge in [0.1, 0.15) is 5.82 Å². The van der Waals surface area contributed by atoms with Gasteiger partial charge in [-0.05, 0) is 50.5 Å². The third kappa shape index (κ3) is 4.58. The number of nitrogens with zero attached hydrogens (tertiary/aromatic N) is 1. The van der Waals surface area contributed by atoms with E-state index in [0.717, 1.165) is 45.6 Å². The number of hydrogen-bond acceptors (Lipinski definition) is 4. The van der Waals surface area contributed by atoms with Crippen molar-refractivity contribution in [2.75, 3.05) is 46.9 Å². The van der Waals surface area contributed by atoms with Gasteiger partial charge in [-0.15, -0.1) is 0 Å². The summed E-state index contributed by atoms with van der Waals surface area (Å²) in [5, 5.41) is 3.39. The zero-order chi connectivity index (χ0) is 15.1. The fourth-order valence-electron chi connectivity index (χ4n) is 2.71. The molecule has 1 aliphatic rings. The van der Waals surface area contributed by atoms with Gasteiger partial charge in [0.2, 0.25) is 0 Å². The highest BCUT2D eigenvalue weighted by Gasteiger charge is 2.12. The van der Waals surface area contributed by atoms with E-state index in [4.69, 9.17) is 9.47 Å². The minimum absolute atomic E-state index is 0.217. The first kappa shape index (κ1) is 16.0. The van der Waals surface area contributed by atoms with E-state index >= 15 is 0 Å². The quantitative estimate of drug-likeness (QED) is 0.871. The lowest BCUT2D eigenvalue weighted by Crippen LogP contribution is -2.29. The Morgan fingerprint density at radius 1 is 1.14 bits per heavy atom. The lowest BCUT2D eigenvalue weighted by molar-refractivity contribution is 0.288. The fraction of sp³-hybridized carbons (Fsp3) is 0.625. The van der Waals surface area contributed by atoms with Crippen LogP contribution in [-0.4, -0.2) is 51.8 Å². The Labute approximate surface area is 126 Å². The van der Waals surface area contributed by atoms with Crippen molar-refractivity contribution >= 4 is 0 Å². The SMILES string of the molecule is COc1cc(F)c(CCCN2CCCNCC2)cc1OC. The van der Waals surface area contributed by atoms with Gasteiger partial charge in [-0.3, -0.25) is 0 Å². The maximum atomic E-state index is 14.0. The van der Waals surface area contributed by atoms with Crippen LogP contribution in [0.5, 0.6) is 11.5 Å². The number of hydrogen-bond donors (Lipinski definition) is 1. The molecule has 1 aliphatic heterocycles. The van der Waals surface area contributed by atoms with Gasteiger partial charge < -0.3 is 19.7 Å². The van der Waals surface area contributed by atoms with Crippen molar-refractivity contribution in [3.8, 4) is 11.5 Å². The molecule has 0 aliphatic carbocycles. The van der Waals surface area contributed by atoms with E-state index in [1.807, 2.05) is 0 Å². The molecule has 0 unspecified atom stereocenters. The van der Waals surface area contributed by atoms with Gasteiger partial charge in [-0.2, -0.15) is 0 Å². The molecular formula is C16H25FN2O2. The Balaban J connectivity index is 1.90. The molecule has 0 saturated carbocycles. The molecule has 21 heavy (non-hydrogen) atoms. The maximum absolute atomic E-state index is 14.0. The molecule has 0 spiro atoms. The van der Waals surface area contributed by atoms with Gasteiger partial charge >= 0.3 is 0 Å². The molecular weight excluding hydrogens is 271 g/mol. The molecule has 1 saturated heterocycles. The number of aryl methyl sites for hydroxylation is 1. The van der Waals surface area contributed by atoms with Crippen molar-refractivity contribution in [1.82, 2.24) is 10.2 Å². The highest BCUT2D eigenvalue weighted by molar-refractivity contribution is 5.43. The molecule has 4 nitrogen and oxygen atoms in total. The summed E-state index contributed by atoms with van der Waals surface area (Å²) in [7, 11) is 3.09. The summed E-state index contributed by atoms with van der Waals surface area (Å²) >= 11 is 0. The second kappa shape index (κ2) is 8.20. The molecule has 1 fully saturated rings. The van der Waals surface area contributed by atoms with Crippen LogP contribution in [0, 0.1) is 5.82 Å². The highest BCUT2D eigenvalue weighted by atomic mass is 19.1. The zero-order valence-corrected chi connectivity index (χ0v) is 13.0. The van der Waals surface area contributed by atoms with Crippen molar-refractivity contribution in [2.45, 2.75) is 19.3 Å². The molecule has 5 heteroatoms. The van der Waals surface area contributed by atoms with Crippen molar-refractivity contribution in [2.24, 2.45) is 0 Å². The summed E-state index contributed by atoms with van der Waals surface area (Å²) in [5.41, 5.74) is 0.695. The predicted molar refractivity (Wildman–Crippen MR) is 81.8 cm³/mol. The number of benzene rings is 1. The Hall–Kier alpha value is -1.33. The summed E-state index contributed by atoms with van der Waals surface area (Å²) in [5.74, 6) is 0.815. The third-order valence-electron chi connectivity index (χ3n) is 3.91. The van der Waals surface area contributed by atoms with Crippen LogP contribution >= 0.6 is 0 Å². The summed E-state index contributed by atoms with van der Waals surface area (Å²) in [6.45, 7) is 5.36. The van der Waals surface area contributed by atoms with E-state index in [0.29, 0.717) is 17.1 Å². The van der Waals surface area contributed by atoms with E-state index < -0.39 is 0 Å². The minimum atomic E-state index is -0.217. The van der Waals surface area contributed by atoms with Crippen LogP contribution in [0.3, 0.4) is 0 Å². The Morgan fingerprint density at radius 3 is 2.67 bits per heavy atom. The topological polar surface area (TPSA) is 33.7 Å². The lowest BCUT2D eigenvalue weighted by atomic mass is 10.1. The van der Waals surface area contributed by atoms with Crippen molar-refractivity contribution in [3.05, 3.63) is 23.5 Å². The summed E-state index contributed by atoms with van der Waals surface area (Å²) in [6.07, 6.45) is 2.85. The average molecular weight is 296 g/mol. The van der Waals surface area contributed by atoms with Crippen LogP contribution in [0.1, 0.15) is 18.4 Å². The predicted octanol–water partition coefficient (Wildman–Crippen LogP) is 2.07. The van der Waals surface area contributed by atoms with Gasteiger partial charge in [0, 0.05) is 19.2 Å². The van der Waals surface area contributed by atoms with Crippen LogP contribution < -0.4 is 14.8 Å². The highest BCUT2D eigenvalue weighted by Crippen LogP contribution is 2.30. The molecule has 1 heterocycles. The van der Waals surface area contributed by atoms with E-state index in [9.17, 15) is 4.39 Å². The largest absolute Gasteiger partial charge is 0.493 e. The molecule has 0 radical (unpaired) electrons. The number of methoxy groups -OCH3 is 2. The van der Waals surface area contributed by atoms with Gasteiger partial charge in [0.15, 0.2) is 11.5 Å². The molecule has 0 bridgehead atoms. The molecule has 2 rings (SSSR count). The normalized spacial score (nSPS) is 16.5. The first-order valence-electron chi connectivity index (χ1n) is 7.58. The molecule has 1 N–H and O–H groups in total. The van der Waals surface area contributed by atoms with E-state index in [1.165, 1.54) is 19.6 Å². The molecule has 1 aromatic carbocycles. The van der Waals surface area contributed by atoms with Crippen LogP contribution in [0.25, 0.3) is 0 Å². The van der Waals surface area contributed by atoms with Gasteiger partial charge in [0.05, 0.1) is 14.2 Å². The maximum Gasteiger partial charge on any atom is 0.163 e. The Bertz CT molecular complexity index is 446. The number of ether oxygens (including phenoxy) is 2. The van der Waals surface area contributed by atoms with Crippen molar-refractivity contribution in [1.29, 1.82) is 0 Å². The number of nitrogens with one attached hydrogen (secondary N) is 1. The molecule has 0 amide bonds. The average Bonchev–Trinajstić information content (AvgIpc) is 2.77. The lowest BCUT2D eigenvalue weighted by Gasteiger charge is -2.19. The first-order chi connectivity index (χ1) is 10.2. The Morgan fingerprint density at radius 2 is 1.90 bits per heavy atom. The van der Waals surface area contributed by atoms with Crippen LogP contribution in [0.4, 0.5) is 4.39 Å². The second-order valence-corrected chi connectivity index (χ2v) is 5.35. The summed E-state index contributed by atoms with van der Waals surface area (Å²) in [4.78, 5) is 2.44. The molecule has 0 atom stereocenters. The van der Waals surface area contributed by atoms with E-state index in [-0.39, 0.29) is 5.82 Å². The number of halogens is 1. The standard InChI is InChI=1S/C16H25FN2O2/c1-20-15-11-13(14(17)12-16(15)21-2)5-3-8-19-9-4-6-18-7-10-19/h11-12,18H,3-10H2,1-2H3. The van der Waals surface area contributed by atoms with Gasteiger partial charge in [0.25, 0.3) is 0 Å².